The van der Waals surface area contributed by atoms with Gasteiger partial charge >= 0.3 is 11.9 Å². The van der Waals surface area contributed by atoms with Crippen LogP contribution in [-0.4, -0.2) is 59.9 Å². The van der Waals surface area contributed by atoms with Gasteiger partial charge < -0.3 is 10.3 Å². The minimum Gasteiger partial charge on any atom is -0.355 e. The monoisotopic (exact) mass is 613 g/mol. The number of carbonyl (C=O) groups is 3. The number of nitrogens with zero attached hydrogens (tertiary/aromatic N) is 6. The van der Waals surface area contributed by atoms with E-state index in [1.807, 2.05) is 0 Å². The average Bonchev–Trinajstić information content (AvgIpc) is 3.73. The van der Waals surface area contributed by atoms with Crippen molar-refractivity contribution < 1.29 is 27.6 Å². The molecule has 0 spiro atoms. The summed E-state index contributed by atoms with van der Waals surface area (Å²) in [4.78, 5) is 79.0. The number of hydrogen-bond acceptors (Lipinski definition) is 8. The Morgan fingerprint density at radius 2 is 1.77 bits per heavy atom. The zero-order valence-electron chi connectivity index (χ0n) is 23.4. The molecule has 14 nitrogen and oxygen atoms in total. The fourth-order valence-corrected chi connectivity index (χ4v) is 4.50. The summed E-state index contributed by atoms with van der Waals surface area (Å²) in [5.74, 6) is -1.78. The number of nitrogens with one attached hydrogen (secondary N) is 3. The number of imidazole rings is 1. The molecule has 4 aromatic heterocycles. The van der Waals surface area contributed by atoms with Crippen LogP contribution in [0.2, 0.25) is 0 Å². The van der Waals surface area contributed by atoms with Crippen LogP contribution < -0.4 is 26.8 Å². The third-order valence-electron chi connectivity index (χ3n) is 6.81. The highest BCUT2D eigenvalue weighted by Crippen LogP contribution is 2.32. The van der Waals surface area contributed by atoms with Crippen molar-refractivity contribution in [1.29, 1.82) is 0 Å². The van der Waals surface area contributed by atoms with Crippen LogP contribution in [0.4, 0.5) is 24.9 Å². The van der Waals surface area contributed by atoms with Gasteiger partial charge in [-0.3, -0.25) is 43.5 Å². The number of aryl methyl sites for hydroxylation is 1. The van der Waals surface area contributed by atoms with E-state index in [1.54, 1.807) is 6.92 Å². The molecule has 5 rings (SSSR count). The topological polar surface area (TPSA) is 177 Å². The highest BCUT2D eigenvalue weighted by Gasteiger charge is 2.33. The normalized spacial score (nSPS) is 13.1. The van der Waals surface area contributed by atoms with Crippen molar-refractivity contribution in [3.8, 4) is 0 Å². The maximum Gasteiger partial charge on any atom is 0.433 e. The fraction of sp³-hybridized carbons (Fsp3) is 0.333. The van der Waals surface area contributed by atoms with Crippen molar-refractivity contribution in [3.63, 3.8) is 0 Å². The lowest BCUT2D eigenvalue weighted by Crippen LogP contribution is -2.39. The number of hydrogen-bond donors (Lipinski definition) is 3. The lowest BCUT2D eigenvalue weighted by molar-refractivity contribution is -0.141. The first-order valence-electron chi connectivity index (χ1n) is 13.5. The molecule has 4 heterocycles. The molecule has 0 saturated heterocycles. The minimum absolute atomic E-state index is 0.0103. The number of alkyl halides is 3. The molecule has 0 bridgehead atoms. The Hall–Kier alpha value is -5.35. The van der Waals surface area contributed by atoms with Gasteiger partial charge in [-0.2, -0.15) is 18.2 Å². The van der Waals surface area contributed by atoms with Crippen molar-refractivity contribution in [2.24, 2.45) is 0 Å². The third kappa shape index (κ3) is 6.06. The molecule has 44 heavy (non-hydrogen) atoms. The summed E-state index contributed by atoms with van der Waals surface area (Å²) in [5.41, 5.74) is -2.08. The van der Waals surface area contributed by atoms with Crippen LogP contribution in [0.3, 0.4) is 0 Å². The van der Waals surface area contributed by atoms with E-state index in [2.05, 4.69) is 30.6 Å². The molecule has 1 fully saturated rings. The van der Waals surface area contributed by atoms with E-state index in [4.69, 9.17) is 0 Å². The molecule has 17 heteroatoms. The van der Waals surface area contributed by atoms with E-state index >= 15 is 0 Å². The number of rotatable bonds is 9. The molecule has 0 aromatic carbocycles. The summed E-state index contributed by atoms with van der Waals surface area (Å²) in [7, 11) is 0. The number of aromatic nitrogens is 6. The van der Waals surface area contributed by atoms with Crippen molar-refractivity contribution in [3.05, 3.63) is 74.3 Å². The molecule has 0 unspecified atom stereocenters. The molecule has 3 N–H and O–H groups in total. The van der Waals surface area contributed by atoms with E-state index in [0.717, 1.165) is 30.0 Å². The zero-order valence-corrected chi connectivity index (χ0v) is 23.4. The van der Waals surface area contributed by atoms with Gasteiger partial charge in [-0.15, -0.1) is 0 Å². The number of fused-ring (bicyclic) bond motifs is 1. The van der Waals surface area contributed by atoms with Gasteiger partial charge in [-0.05, 0) is 44.0 Å². The van der Waals surface area contributed by atoms with Gasteiger partial charge in [0.25, 0.3) is 17.4 Å². The van der Waals surface area contributed by atoms with Gasteiger partial charge in [-0.25, -0.2) is 9.78 Å². The van der Waals surface area contributed by atoms with Crippen LogP contribution in [0.5, 0.6) is 0 Å². The van der Waals surface area contributed by atoms with Crippen LogP contribution in [-0.2, 0) is 17.5 Å². The quantitative estimate of drug-likeness (QED) is 0.257. The Balaban J connectivity index is 1.37. The lowest BCUT2D eigenvalue weighted by Gasteiger charge is -2.22. The second kappa shape index (κ2) is 11.7. The number of pyridine rings is 2. The smallest absolute Gasteiger partial charge is 0.355 e. The fourth-order valence-electron chi connectivity index (χ4n) is 4.50. The van der Waals surface area contributed by atoms with Gasteiger partial charge in [-0.1, -0.05) is 0 Å². The minimum atomic E-state index is -4.68. The maximum atomic E-state index is 13.2. The Labute approximate surface area is 245 Å². The van der Waals surface area contributed by atoms with Crippen molar-refractivity contribution in [2.75, 3.05) is 23.3 Å². The van der Waals surface area contributed by atoms with E-state index in [9.17, 15) is 37.1 Å². The molecule has 0 aliphatic heterocycles. The highest BCUT2D eigenvalue weighted by molar-refractivity contribution is 6.06. The van der Waals surface area contributed by atoms with Crippen molar-refractivity contribution >= 4 is 40.7 Å². The molecule has 0 atom stereocenters. The first-order valence-corrected chi connectivity index (χ1v) is 13.5. The van der Waals surface area contributed by atoms with Gasteiger partial charge in [0.1, 0.15) is 11.5 Å². The number of carbonyl (C=O) groups excluding carboxylic acids is 3. The molecule has 1 saturated carbocycles. The van der Waals surface area contributed by atoms with E-state index in [1.165, 1.54) is 34.4 Å². The Morgan fingerprint density at radius 1 is 1.07 bits per heavy atom. The molecule has 0 radical (unpaired) electrons. The van der Waals surface area contributed by atoms with Gasteiger partial charge in [0.05, 0.1) is 11.1 Å². The third-order valence-corrected chi connectivity index (χ3v) is 6.81. The number of amides is 3. The van der Waals surface area contributed by atoms with Gasteiger partial charge in [0.2, 0.25) is 11.9 Å². The molecular formula is C27H26F3N9O5. The van der Waals surface area contributed by atoms with Gasteiger partial charge in [0, 0.05) is 45.0 Å². The van der Waals surface area contributed by atoms with Crippen LogP contribution in [0.1, 0.15) is 59.1 Å². The second-order valence-corrected chi connectivity index (χ2v) is 9.95. The first-order chi connectivity index (χ1) is 20.9. The molecule has 1 aliphatic carbocycles. The standard InChI is InChI=1S/C27H26F3N9O5/c1-3-37-21-20(24(43)39(26(37)44)17-6-7-17)34-25(35-21)36-22(41)15-5-9-19(33-12-15)38(11-10-31-14(2)40)23(42)16-4-8-18(32-13-16)27(28,29)30/h4-5,8-9,12-13,17H,3,6-7,10-11H2,1-2H3,(H,31,40)(H2,34,35,36,41). The lowest BCUT2D eigenvalue weighted by atomic mass is 10.2. The van der Waals surface area contributed by atoms with Gasteiger partial charge in [0.15, 0.2) is 11.2 Å². The van der Waals surface area contributed by atoms with Crippen LogP contribution in [0.15, 0.2) is 46.2 Å². The summed E-state index contributed by atoms with van der Waals surface area (Å²) >= 11 is 0. The summed E-state index contributed by atoms with van der Waals surface area (Å²) in [6, 6.07) is 4.20. The number of halogens is 3. The van der Waals surface area contributed by atoms with E-state index in [0.29, 0.717) is 6.07 Å². The van der Waals surface area contributed by atoms with Crippen molar-refractivity contribution in [2.45, 2.75) is 45.5 Å². The Morgan fingerprint density at radius 3 is 2.34 bits per heavy atom. The van der Waals surface area contributed by atoms with Crippen LogP contribution in [0.25, 0.3) is 11.2 Å². The summed E-state index contributed by atoms with van der Waals surface area (Å²) < 4.78 is 41.3. The maximum absolute atomic E-state index is 13.2. The second-order valence-electron chi connectivity index (χ2n) is 9.95. The van der Waals surface area contributed by atoms with Crippen molar-refractivity contribution in [1.82, 2.24) is 34.4 Å². The Bertz CT molecular complexity index is 1860. The zero-order chi connectivity index (χ0) is 31.8. The number of H-pyrrole nitrogens is 1. The van der Waals surface area contributed by atoms with E-state index < -0.39 is 34.9 Å². The summed E-state index contributed by atoms with van der Waals surface area (Å²) in [5, 5.41) is 5.07. The first kappa shape index (κ1) is 30.1. The summed E-state index contributed by atoms with van der Waals surface area (Å²) in [6.45, 7) is 3.20. The average molecular weight is 614 g/mol. The summed E-state index contributed by atoms with van der Waals surface area (Å²) in [6.07, 6.45) is -1.27. The largest absolute Gasteiger partial charge is 0.433 e. The Kier molecular flexibility index (Phi) is 8.03. The SMILES string of the molecule is CCn1c(=O)n(C2CC2)c(=O)c2[nH]c(NC(=O)c3ccc(N(CCNC(C)=O)C(=O)c4ccc(C(F)(F)F)nc4)nc3)nc21. The molecule has 4 aromatic rings. The molecule has 3 amide bonds. The highest BCUT2D eigenvalue weighted by atomic mass is 19.4. The molecular weight excluding hydrogens is 587 g/mol. The van der Waals surface area contributed by atoms with E-state index in [-0.39, 0.29) is 65.6 Å². The van der Waals surface area contributed by atoms with Crippen LogP contribution in [0, 0.1) is 0 Å². The predicted molar refractivity (Wildman–Crippen MR) is 150 cm³/mol. The number of anilines is 2. The molecule has 230 valence electrons. The van der Waals surface area contributed by atoms with Crippen LogP contribution >= 0.6 is 0 Å². The predicted octanol–water partition coefficient (Wildman–Crippen LogP) is 2.09. The number of aromatic amines is 1. The molecule has 1 aliphatic rings.